The number of aryl methyl sites for hydroxylation is 1. The Bertz CT molecular complexity index is 791. The zero-order chi connectivity index (χ0) is 16.9. The maximum absolute atomic E-state index is 12.2. The molecule has 0 bridgehead atoms. The molecule has 0 atom stereocenters. The minimum atomic E-state index is -0.0753. The fourth-order valence-corrected chi connectivity index (χ4v) is 3.12. The third-order valence-corrected chi connectivity index (χ3v) is 4.37. The Labute approximate surface area is 144 Å². The molecule has 0 fully saturated rings. The molecule has 0 aliphatic carbocycles. The van der Waals surface area contributed by atoms with Crippen molar-refractivity contribution in [2.45, 2.75) is 20.0 Å². The zero-order valence-corrected chi connectivity index (χ0v) is 14.5. The van der Waals surface area contributed by atoms with Crippen molar-refractivity contribution in [3.8, 4) is 0 Å². The molecule has 24 heavy (non-hydrogen) atoms. The molecule has 0 radical (unpaired) electrons. The van der Waals surface area contributed by atoms with E-state index in [4.69, 9.17) is 4.42 Å². The number of carbonyl (C=O) groups is 1. The molecule has 3 rings (SSSR count). The zero-order valence-electron chi connectivity index (χ0n) is 13.7. The summed E-state index contributed by atoms with van der Waals surface area (Å²) in [5.41, 5.74) is 0. The summed E-state index contributed by atoms with van der Waals surface area (Å²) in [7, 11) is 1.89. The maximum Gasteiger partial charge on any atom is 0.239 e. The lowest BCUT2D eigenvalue weighted by Crippen LogP contribution is -2.30. The van der Waals surface area contributed by atoms with Gasteiger partial charge >= 0.3 is 0 Å². The van der Waals surface area contributed by atoms with Crippen molar-refractivity contribution in [1.29, 1.82) is 0 Å². The molecule has 6 nitrogen and oxygen atoms in total. The number of furan rings is 1. The van der Waals surface area contributed by atoms with E-state index < -0.39 is 0 Å². The molecule has 1 N–H and O–H groups in total. The van der Waals surface area contributed by atoms with E-state index in [0.29, 0.717) is 18.9 Å². The highest BCUT2D eigenvalue weighted by atomic mass is 32.1. The van der Waals surface area contributed by atoms with Crippen LogP contribution in [-0.2, 0) is 17.9 Å². The summed E-state index contributed by atoms with van der Waals surface area (Å²) in [5, 5.41) is 9.22. The van der Waals surface area contributed by atoms with Crippen LogP contribution in [0.5, 0.6) is 0 Å². The molecular weight excluding hydrogens is 324 g/mol. The smallest absolute Gasteiger partial charge is 0.239 e. The normalized spacial score (nSPS) is 11.1. The van der Waals surface area contributed by atoms with Gasteiger partial charge in [-0.3, -0.25) is 9.69 Å². The predicted molar refractivity (Wildman–Crippen MR) is 94.1 cm³/mol. The summed E-state index contributed by atoms with van der Waals surface area (Å²) >= 11 is 1.67. The molecular formula is C17H20N4O2S. The van der Waals surface area contributed by atoms with Crippen molar-refractivity contribution in [3.63, 3.8) is 0 Å². The number of nitrogens with zero attached hydrogens (tertiary/aromatic N) is 3. The van der Waals surface area contributed by atoms with Crippen molar-refractivity contribution in [1.82, 2.24) is 14.7 Å². The van der Waals surface area contributed by atoms with Crippen LogP contribution in [0.3, 0.4) is 0 Å². The third kappa shape index (κ3) is 4.33. The van der Waals surface area contributed by atoms with E-state index >= 15 is 0 Å². The quantitative estimate of drug-likeness (QED) is 0.716. The van der Waals surface area contributed by atoms with Crippen molar-refractivity contribution < 1.29 is 9.21 Å². The minimum Gasteiger partial charge on any atom is -0.465 e. The standard InChI is InChI=1S/C17H20N4O2S/c1-13-5-6-14(23-13)10-20(2)12-17(22)19-16-7-8-18-21(16)11-15-4-3-9-24-15/h3-9H,10-12H2,1-2H3,(H,19,22). The van der Waals surface area contributed by atoms with Crippen LogP contribution in [-0.4, -0.2) is 34.2 Å². The van der Waals surface area contributed by atoms with Gasteiger partial charge in [-0.1, -0.05) is 6.07 Å². The number of thiophene rings is 1. The molecule has 0 aromatic carbocycles. The number of rotatable bonds is 7. The highest BCUT2D eigenvalue weighted by molar-refractivity contribution is 7.09. The molecule has 7 heteroatoms. The number of hydrogen-bond acceptors (Lipinski definition) is 5. The molecule has 3 aromatic heterocycles. The van der Waals surface area contributed by atoms with Crippen LogP contribution in [0.1, 0.15) is 16.4 Å². The van der Waals surface area contributed by atoms with Gasteiger partial charge in [0.2, 0.25) is 5.91 Å². The van der Waals surface area contributed by atoms with Gasteiger partial charge < -0.3 is 9.73 Å². The van der Waals surface area contributed by atoms with Gasteiger partial charge in [-0.15, -0.1) is 11.3 Å². The first kappa shape index (κ1) is 16.5. The number of amides is 1. The van der Waals surface area contributed by atoms with Gasteiger partial charge in [0.25, 0.3) is 0 Å². The van der Waals surface area contributed by atoms with Gasteiger partial charge in [0, 0.05) is 10.9 Å². The largest absolute Gasteiger partial charge is 0.465 e. The lowest BCUT2D eigenvalue weighted by atomic mass is 10.4. The second-order valence-electron chi connectivity index (χ2n) is 5.69. The molecule has 0 aliphatic rings. The Kier molecular flexibility index (Phi) is 5.12. The molecule has 3 heterocycles. The molecule has 126 valence electrons. The highest BCUT2D eigenvalue weighted by Gasteiger charge is 2.12. The van der Waals surface area contributed by atoms with Crippen LogP contribution >= 0.6 is 11.3 Å². The van der Waals surface area contributed by atoms with E-state index in [1.165, 1.54) is 4.88 Å². The molecule has 0 aliphatic heterocycles. The first-order valence-electron chi connectivity index (χ1n) is 7.68. The number of aromatic nitrogens is 2. The second-order valence-corrected chi connectivity index (χ2v) is 6.72. The van der Waals surface area contributed by atoms with Gasteiger partial charge in [0.1, 0.15) is 17.3 Å². The molecule has 0 spiro atoms. The van der Waals surface area contributed by atoms with E-state index in [9.17, 15) is 4.79 Å². The van der Waals surface area contributed by atoms with Gasteiger partial charge in [-0.05, 0) is 37.6 Å². The lowest BCUT2D eigenvalue weighted by molar-refractivity contribution is -0.117. The number of anilines is 1. The summed E-state index contributed by atoms with van der Waals surface area (Å²) in [4.78, 5) is 15.4. The van der Waals surface area contributed by atoms with Crippen LogP contribution < -0.4 is 5.32 Å². The topological polar surface area (TPSA) is 63.3 Å². The van der Waals surface area contributed by atoms with Crippen molar-refractivity contribution >= 4 is 23.1 Å². The predicted octanol–water partition coefficient (Wildman–Crippen LogP) is 2.96. The highest BCUT2D eigenvalue weighted by Crippen LogP contribution is 2.14. The van der Waals surface area contributed by atoms with Gasteiger partial charge in [-0.2, -0.15) is 5.10 Å². The average molecular weight is 344 g/mol. The van der Waals surface area contributed by atoms with E-state index in [1.807, 2.05) is 42.5 Å². The Morgan fingerprint density at radius 3 is 2.96 bits per heavy atom. The van der Waals surface area contributed by atoms with Gasteiger partial charge in [0.05, 0.1) is 25.8 Å². The van der Waals surface area contributed by atoms with Crippen molar-refractivity contribution in [2.24, 2.45) is 0 Å². The number of carbonyl (C=O) groups excluding carboxylic acids is 1. The Balaban J connectivity index is 1.54. The molecule has 0 saturated heterocycles. The van der Waals surface area contributed by atoms with Crippen LogP contribution in [0.2, 0.25) is 0 Å². The van der Waals surface area contributed by atoms with Gasteiger partial charge in [-0.25, -0.2) is 4.68 Å². The second kappa shape index (κ2) is 7.46. The third-order valence-electron chi connectivity index (χ3n) is 3.51. The summed E-state index contributed by atoms with van der Waals surface area (Å²) in [6.45, 7) is 3.44. The van der Waals surface area contributed by atoms with E-state index in [-0.39, 0.29) is 12.5 Å². The fourth-order valence-electron chi connectivity index (χ4n) is 2.43. The van der Waals surface area contributed by atoms with Crippen LogP contribution in [0, 0.1) is 6.92 Å². The molecule has 3 aromatic rings. The van der Waals surface area contributed by atoms with Crippen molar-refractivity contribution in [3.05, 3.63) is 58.3 Å². The summed E-state index contributed by atoms with van der Waals surface area (Å²) in [5.74, 6) is 2.36. The number of likely N-dealkylation sites (N-methyl/N-ethyl adjacent to an activating group) is 1. The minimum absolute atomic E-state index is 0.0753. The first-order valence-corrected chi connectivity index (χ1v) is 8.56. The Hall–Kier alpha value is -2.38. The lowest BCUT2D eigenvalue weighted by Gasteiger charge is -2.15. The first-order chi connectivity index (χ1) is 11.6. The van der Waals surface area contributed by atoms with E-state index in [2.05, 4.69) is 16.5 Å². The summed E-state index contributed by atoms with van der Waals surface area (Å²) in [6.07, 6.45) is 1.69. The van der Waals surface area contributed by atoms with E-state index in [0.717, 1.165) is 11.5 Å². The van der Waals surface area contributed by atoms with Crippen molar-refractivity contribution in [2.75, 3.05) is 18.9 Å². The number of hydrogen-bond donors (Lipinski definition) is 1. The monoisotopic (exact) mass is 344 g/mol. The van der Waals surface area contributed by atoms with Crippen LogP contribution in [0.4, 0.5) is 5.82 Å². The average Bonchev–Trinajstić information content (AvgIpc) is 3.24. The Morgan fingerprint density at radius 1 is 1.38 bits per heavy atom. The SMILES string of the molecule is Cc1ccc(CN(C)CC(=O)Nc2ccnn2Cc2cccs2)o1. The Morgan fingerprint density at radius 2 is 2.25 bits per heavy atom. The molecule has 0 saturated carbocycles. The molecule has 0 unspecified atom stereocenters. The fraction of sp³-hybridized carbons (Fsp3) is 0.294. The number of nitrogens with one attached hydrogen (secondary N) is 1. The van der Waals surface area contributed by atoms with Gasteiger partial charge in [0.15, 0.2) is 0 Å². The van der Waals surface area contributed by atoms with Crippen LogP contribution in [0.15, 0.2) is 46.3 Å². The maximum atomic E-state index is 12.2. The summed E-state index contributed by atoms with van der Waals surface area (Å²) < 4.78 is 7.32. The van der Waals surface area contributed by atoms with E-state index in [1.54, 1.807) is 28.3 Å². The molecule has 1 amide bonds. The summed E-state index contributed by atoms with van der Waals surface area (Å²) in [6, 6.07) is 9.72. The van der Waals surface area contributed by atoms with Crippen LogP contribution in [0.25, 0.3) is 0 Å².